The molecule has 2 unspecified atom stereocenters. The second-order valence-electron chi connectivity index (χ2n) is 3.33. The number of carbonyl (C=O) groups excluding carboxylic acids is 1. The van der Waals surface area contributed by atoms with Crippen molar-refractivity contribution in [3.05, 3.63) is 0 Å². The van der Waals surface area contributed by atoms with Gasteiger partial charge in [-0.15, -0.1) is 0 Å². The summed E-state index contributed by atoms with van der Waals surface area (Å²) in [6.07, 6.45) is 6.56. The van der Waals surface area contributed by atoms with Gasteiger partial charge in [-0.25, -0.2) is 0 Å². The van der Waals surface area contributed by atoms with Gasteiger partial charge in [-0.1, -0.05) is 12.8 Å². The van der Waals surface area contributed by atoms with Crippen molar-refractivity contribution in [2.75, 3.05) is 0 Å². The topological polar surface area (TPSA) is 17.1 Å². The van der Waals surface area contributed by atoms with Gasteiger partial charge in [-0.2, -0.15) is 0 Å². The van der Waals surface area contributed by atoms with Crippen LogP contribution in [0.1, 0.15) is 25.7 Å². The molecule has 9 heavy (non-hydrogen) atoms. The molecule has 0 bridgehead atoms. The summed E-state index contributed by atoms with van der Waals surface area (Å²) < 4.78 is 0. The lowest BCUT2D eigenvalue weighted by Crippen LogP contribution is -1.91. The average Bonchev–Trinajstić information content (AvgIpc) is 2.60. The highest BCUT2D eigenvalue weighted by Gasteiger charge is 2.50. The Kier molecular flexibility index (Phi) is 1.11. The first-order valence-corrected chi connectivity index (χ1v) is 3.89. The molecule has 2 aliphatic carbocycles. The zero-order valence-corrected chi connectivity index (χ0v) is 5.55. The fourth-order valence-corrected chi connectivity index (χ4v) is 2.25. The van der Waals surface area contributed by atoms with Crippen molar-refractivity contribution in [3.63, 3.8) is 0 Å². The molecule has 0 aromatic carbocycles. The van der Waals surface area contributed by atoms with Gasteiger partial charge < -0.3 is 4.79 Å². The standard InChI is InChI=1S/C8H12O/c9-5-8-6-3-1-2-4-7(6)8/h5-8H,1-4H2/t6-,7?,8?/m1/s1. The van der Waals surface area contributed by atoms with E-state index >= 15 is 0 Å². The maximum Gasteiger partial charge on any atom is 0.123 e. The monoisotopic (exact) mass is 124 g/mol. The largest absolute Gasteiger partial charge is 0.303 e. The van der Waals surface area contributed by atoms with Crippen LogP contribution in [0.5, 0.6) is 0 Å². The highest BCUT2D eigenvalue weighted by molar-refractivity contribution is 5.59. The van der Waals surface area contributed by atoms with E-state index in [9.17, 15) is 4.79 Å². The van der Waals surface area contributed by atoms with Crippen molar-refractivity contribution in [2.45, 2.75) is 25.7 Å². The zero-order chi connectivity index (χ0) is 6.27. The molecule has 0 N–H and O–H groups in total. The fourth-order valence-electron chi connectivity index (χ4n) is 2.25. The number of hydrogen-bond donors (Lipinski definition) is 0. The molecule has 0 heterocycles. The molecular weight excluding hydrogens is 112 g/mol. The molecule has 1 nitrogen and oxygen atoms in total. The number of carbonyl (C=O) groups is 1. The molecule has 2 rings (SSSR count). The van der Waals surface area contributed by atoms with Gasteiger partial charge in [0.25, 0.3) is 0 Å². The van der Waals surface area contributed by atoms with Crippen LogP contribution in [0.3, 0.4) is 0 Å². The van der Waals surface area contributed by atoms with Gasteiger partial charge in [0.1, 0.15) is 6.29 Å². The lowest BCUT2D eigenvalue weighted by atomic mass is 10.0. The van der Waals surface area contributed by atoms with Crippen LogP contribution >= 0.6 is 0 Å². The number of rotatable bonds is 1. The van der Waals surface area contributed by atoms with Crippen LogP contribution in [0.2, 0.25) is 0 Å². The summed E-state index contributed by atoms with van der Waals surface area (Å²) >= 11 is 0. The Morgan fingerprint density at radius 3 is 2.11 bits per heavy atom. The second-order valence-corrected chi connectivity index (χ2v) is 3.33. The van der Waals surface area contributed by atoms with E-state index in [0.717, 1.165) is 11.8 Å². The van der Waals surface area contributed by atoms with Crippen molar-refractivity contribution in [3.8, 4) is 0 Å². The Bertz CT molecular complexity index is 119. The minimum absolute atomic E-state index is 0.479. The summed E-state index contributed by atoms with van der Waals surface area (Å²) in [4.78, 5) is 10.3. The van der Waals surface area contributed by atoms with Gasteiger partial charge in [-0.3, -0.25) is 0 Å². The maximum atomic E-state index is 10.3. The first-order chi connectivity index (χ1) is 4.43. The molecular formula is C8H12O. The Balaban J connectivity index is 1.98. The molecule has 2 aliphatic rings. The van der Waals surface area contributed by atoms with Crippen LogP contribution in [0.25, 0.3) is 0 Å². The summed E-state index contributed by atoms with van der Waals surface area (Å²) in [6, 6.07) is 0. The van der Waals surface area contributed by atoms with Crippen molar-refractivity contribution < 1.29 is 4.79 Å². The maximum absolute atomic E-state index is 10.3. The van der Waals surface area contributed by atoms with E-state index in [1.54, 1.807) is 0 Å². The molecule has 3 atom stereocenters. The first kappa shape index (κ1) is 5.45. The van der Waals surface area contributed by atoms with Crippen LogP contribution in [0, 0.1) is 17.8 Å². The first-order valence-electron chi connectivity index (χ1n) is 3.89. The molecule has 50 valence electrons. The second kappa shape index (κ2) is 1.83. The van der Waals surface area contributed by atoms with Crippen LogP contribution in [-0.4, -0.2) is 6.29 Å². The lowest BCUT2D eigenvalue weighted by Gasteiger charge is -2.04. The van der Waals surface area contributed by atoms with Gasteiger partial charge in [-0.05, 0) is 24.7 Å². The molecule has 0 aromatic heterocycles. The molecule has 0 amide bonds. The van der Waals surface area contributed by atoms with Gasteiger partial charge in [0.2, 0.25) is 0 Å². The zero-order valence-electron chi connectivity index (χ0n) is 5.55. The summed E-state index contributed by atoms with van der Waals surface area (Å²) in [5.74, 6) is 2.11. The third-order valence-corrected chi connectivity index (χ3v) is 2.88. The van der Waals surface area contributed by atoms with E-state index in [4.69, 9.17) is 0 Å². The molecule has 0 radical (unpaired) electrons. The van der Waals surface area contributed by atoms with Gasteiger partial charge in [0.05, 0.1) is 0 Å². The summed E-state index contributed by atoms with van der Waals surface area (Å²) in [5, 5.41) is 0. The molecule has 0 aromatic rings. The number of hydrogen-bond acceptors (Lipinski definition) is 1. The van der Waals surface area contributed by atoms with Crippen molar-refractivity contribution >= 4 is 6.29 Å². The summed E-state index contributed by atoms with van der Waals surface area (Å²) in [6.45, 7) is 0. The van der Waals surface area contributed by atoms with Gasteiger partial charge in [0.15, 0.2) is 0 Å². The molecule has 0 spiro atoms. The van der Waals surface area contributed by atoms with E-state index in [2.05, 4.69) is 0 Å². The number of fused-ring (bicyclic) bond motifs is 1. The summed E-state index contributed by atoms with van der Waals surface area (Å²) in [7, 11) is 0. The van der Waals surface area contributed by atoms with Crippen LogP contribution in [0.15, 0.2) is 0 Å². The van der Waals surface area contributed by atoms with E-state index in [0.29, 0.717) is 5.92 Å². The van der Waals surface area contributed by atoms with Crippen molar-refractivity contribution in [1.29, 1.82) is 0 Å². The third-order valence-electron chi connectivity index (χ3n) is 2.88. The molecule has 2 saturated carbocycles. The van der Waals surface area contributed by atoms with Crippen molar-refractivity contribution in [1.82, 2.24) is 0 Å². The van der Waals surface area contributed by atoms with E-state index in [-0.39, 0.29) is 0 Å². The third kappa shape index (κ3) is 0.707. The van der Waals surface area contributed by atoms with Crippen LogP contribution in [-0.2, 0) is 4.79 Å². The Labute approximate surface area is 55.4 Å². The number of aldehydes is 1. The molecule has 0 saturated heterocycles. The highest BCUT2D eigenvalue weighted by Crippen LogP contribution is 2.53. The average molecular weight is 124 g/mol. The quantitative estimate of drug-likeness (QED) is 0.485. The predicted octanol–water partition coefficient (Wildman–Crippen LogP) is 1.62. The van der Waals surface area contributed by atoms with E-state index < -0.39 is 0 Å². The minimum Gasteiger partial charge on any atom is -0.303 e. The Morgan fingerprint density at radius 1 is 1.11 bits per heavy atom. The van der Waals surface area contributed by atoms with Crippen LogP contribution < -0.4 is 0 Å². The predicted molar refractivity (Wildman–Crippen MR) is 35.0 cm³/mol. The molecule has 2 fully saturated rings. The van der Waals surface area contributed by atoms with Gasteiger partial charge >= 0.3 is 0 Å². The Morgan fingerprint density at radius 2 is 1.67 bits per heavy atom. The SMILES string of the molecule is O=CC1C2CCCC[C@@H]12. The normalized spacial score (nSPS) is 47.8. The smallest absolute Gasteiger partial charge is 0.123 e. The molecule has 0 aliphatic heterocycles. The van der Waals surface area contributed by atoms with E-state index in [1.807, 2.05) is 0 Å². The van der Waals surface area contributed by atoms with E-state index in [1.165, 1.54) is 32.0 Å². The fraction of sp³-hybridized carbons (Fsp3) is 0.875. The van der Waals surface area contributed by atoms with Gasteiger partial charge in [0, 0.05) is 5.92 Å². The lowest BCUT2D eigenvalue weighted by molar-refractivity contribution is -0.109. The molecule has 1 heteroatoms. The van der Waals surface area contributed by atoms with Crippen LogP contribution in [0.4, 0.5) is 0 Å². The summed E-state index contributed by atoms with van der Waals surface area (Å²) in [5.41, 5.74) is 0. The Hall–Kier alpha value is -0.330. The minimum atomic E-state index is 0.479. The highest BCUT2D eigenvalue weighted by atomic mass is 16.1. The van der Waals surface area contributed by atoms with Crippen molar-refractivity contribution in [2.24, 2.45) is 17.8 Å².